The number of hydrogen-bond donors (Lipinski definition) is 2. The predicted molar refractivity (Wildman–Crippen MR) is 105 cm³/mol. The summed E-state index contributed by atoms with van der Waals surface area (Å²) in [6.45, 7) is 0.322. The second-order valence-electron chi connectivity index (χ2n) is 6.10. The molecule has 0 spiro atoms. The number of nitrogens with zero attached hydrogens (tertiary/aromatic N) is 2. The maximum absolute atomic E-state index is 12.4. The number of esters is 1. The van der Waals surface area contributed by atoms with Crippen LogP contribution in [0, 0.1) is 0 Å². The molecule has 0 fully saturated rings. The van der Waals surface area contributed by atoms with Crippen molar-refractivity contribution in [2.45, 2.75) is 19.0 Å². The summed E-state index contributed by atoms with van der Waals surface area (Å²) in [6, 6.07) is 9.77. The van der Waals surface area contributed by atoms with Crippen LogP contribution in [0.25, 0.3) is 0 Å². The number of anilines is 1. The standard InChI is InChI=1S/C19H23ClN4O3/c1-24(2)17-10-13(8-9-21-17)12-22-19(26)23-16(11-18(25)27-3)14-6-4-5-7-15(14)20/h4-10,16H,11-12H2,1-3H3,(H2,22,23,26). The van der Waals surface area contributed by atoms with Gasteiger partial charge in [0.1, 0.15) is 5.82 Å². The minimum Gasteiger partial charge on any atom is -0.469 e. The molecule has 2 N–H and O–H groups in total. The van der Waals surface area contributed by atoms with Crippen molar-refractivity contribution >= 4 is 29.4 Å². The van der Waals surface area contributed by atoms with Gasteiger partial charge in [-0.1, -0.05) is 29.8 Å². The molecule has 2 rings (SSSR count). The highest BCUT2D eigenvalue weighted by molar-refractivity contribution is 6.31. The number of carbonyl (C=O) groups is 2. The molecule has 7 nitrogen and oxygen atoms in total. The van der Waals surface area contributed by atoms with Crippen molar-refractivity contribution in [1.29, 1.82) is 0 Å². The normalized spacial score (nSPS) is 11.4. The number of hydrogen-bond acceptors (Lipinski definition) is 5. The van der Waals surface area contributed by atoms with Crippen LogP contribution in [0.3, 0.4) is 0 Å². The number of methoxy groups -OCH3 is 1. The summed E-state index contributed by atoms with van der Waals surface area (Å²) in [5, 5.41) is 6.04. The summed E-state index contributed by atoms with van der Waals surface area (Å²) in [5.74, 6) is 0.360. The quantitative estimate of drug-likeness (QED) is 0.710. The Morgan fingerprint density at radius 2 is 2.00 bits per heavy atom. The van der Waals surface area contributed by atoms with Gasteiger partial charge in [-0.2, -0.15) is 0 Å². The van der Waals surface area contributed by atoms with Gasteiger partial charge in [-0.15, -0.1) is 0 Å². The molecule has 2 aromatic rings. The molecule has 1 aromatic carbocycles. The van der Waals surface area contributed by atoms with E-state index < -0.39 is 18.0 Å². The highest BCUT2D eigenvalue weighted by Crippen LogP contribution is 2.25. The van der Waals surface area contributed by atoms with Gasteiger partial charge in [0.2, 0.25) is 0 Å². The predicted octanol–water partition coefficient (Wildman–Crippen LogP) is 2.90. The van der Waals surface area contributed by atoms with Gasteiger partial charge in [0.15, 0.2) is 0 Å². The van der Waals surface area contributed by atoms with E-state index in [4.69, 9.17) is 16.3 Å². The average molecular weight is 391 g/mol. The first-order valence-corrected chi connectivity index (χ1v) is 8.76. The molecule has 0 bridgehead atoms. The molecule has 1 heterocycles. The molecule has 0 saturated carbocycles. The van der Waals surface area contributed by atoms with Crippen molar-refractivity contribution in [3.63, 3.8) is 0 Å². The number of benzene rings is 1. The first-order chi connectivity index (χ1) is 12.9. The van der Waals surface area contributed by atoms with E-state index in [1.54, 1.807) is 30.5 Å². The van der Waals surface area contributed by atoms with E-state index in [1.165, 1.54) is 7.11 Å². The second-order valence-corrected chi connectivity index (χ2v) is 6.51. The Hall–Kier alpha value is -2.80. The molecule has 1 unspecified atom stereocenters. The Labute approximate surface area is 163 Å². The smallest absolute Gasteiger partial charge is 0.315 e. The van der Waals surface area contributed by atoms with Crippen LogP contribution >= 0.6 is 11.6 Å². The number of aromatic nitrogens is 1. The molecule has 0 radical (unpaired) electrons. The van der Waals surface area contributed by atoms with Gasteiger partial charge in [-0.25, -0.2) is 9.78 Å². The molecule has 0 aliphatic heterocycles. The molecule has 1 aromatic heterocycles. The van der Waals surface area contributed by atoms with E-state index in [1.807, 2.05) is 31.1 Å². The Kier molecular flexibility index (Phi) is 7.43. The van der Waals surface area contributed by atoms with Crippen molar-refractivity contribution in [2.24, 2.45) is 0 Å². The van der Waals surface area contributed by atoms with Crippen LogP contribution in [0.15, 0.2) is 42.6 Å². The third-order valence-corrected chi connectivity index (χ3v) is 4.25. The van der Waals surface area contributed by atoms with E-state index in [2.05, 4.69) is 15.6 Å². The molecule has 2 amide bonds. The maximum Gasteiger partial charge on any atom is 0.315 e. The molecule has 0 aliphatic carbocycles. The molecule has 8 heteroatoms. The van der Waals surface area contributed by atoms with Gasteiger partial charge in [-0.3, -0.25) is 4.79 Å². The van der Waals surface area contributed by atoms with E-state index in [9.17, 15) is 9.59 Å². The summed E-state index contributed by atoms with van der Waals surface area (Å²) in [6.07, 6.45) is 1.67. The molecule has 27 heavy (non-hydrogen) atoms. The summed E-state index contributed by atoms with van der Waals surface area (Å²) in [7, 11) is 5.10. The molecule has 0 saturated heterocycles. The monoisotopic (exact) mass is 390 g/mol. The fraction of sp³-hybridized carbons (Fsp3) is 0.316. The summed E-state index contributed by atoms with van der Waals surface area (Å²) in [4.78, 5) is 30.2. The van der Waals surface area contributed by atoms with Crippen molar-refractivity contribution < 1.29 is 14.3 Å². The van der Waals surface area contributed by atoms with Gasteiger partial charge in [-0.05, 0) is 29.3 Å². The zero-order valence-corrected chi connectivity index (χ0v) is 16.3. The Balaban J connectivity index is 2.04. The first kappa shape index (κ1) is 20.5. The highest BCUT2D eigenvalue weighted by atomic mass is 35.5. The number of pyridine rings is 1. The van der Waals surface area contributed by atoms with E-state index in [-0.39, 0.29) is 6.42 Å². The van der Waals surface area contributed by atoms with Crippen LogP contribution in [-0.2, 0) is 16.1 Å². The van der Waals surface area contributed by atoms with Gasteiger partial charge >= 0.3 is 12.0 Å². The van der Waals surface area contributed by atoms with Crippen molar-refractivity contribution in [3.05, 3.63) is 58.7 Å². The van der Waals surface area contributed by atoms with Gasteiger partial charge < -0.3 is 20.3 Å². The van der Waals surface area contributed by atoms with Crippen LogP contribution < -0.4 is 15.5 Å². The largest absolute Gasteiger partial charge is 0.469 e. The zero-order valence-electron chi connectivity index (χ0n) is 15.5. The Morgan fingerprint density at radius 3 is 2.67 bits per heavy atom. The van der Waals surface area contributed by atoms with E-state index in [0.29, 0.717) is 17.1 Å². The minimum absolute atomic E-state index is 0.0202. The van der Waals surface area contributed by atoms with Crippen LogP contribution in [-0.4, -0.2) is 38.2 Å². The maximum atomic E-state index is 12.4. The topological polar surface area (TPSA) is 83.6 Å². The molecule has 0 aliphatic rings. The van der Waals surface area contributed by atoms with E-state index >= 15 is 0 Å². The number of nitrogens with one attached hydrogen (secondary N) is 2. The molecular weight excluding hydrogens is 368 g/mol. The van der Waals surface area contributed by atoms with Crippen molar-refractivity contribution in [1.82, 2.24) is 15.6 Å². The van der Waals surface area contributed by atoms with Gasteiger partial charge in [0.05, 0.1) is 19.6 Å². The number of halogens is 1. The number of ether oxygens (including phenoxy) is 1. The number of carbonyl (C=O) groups excluding carboxylic acids is 2. The average Bonchev–Trinajstić information content (AvgIpc) is 2.66. The van der Waals surface area contributed by atoms with Crippen LogP contribution in [0.4, 0.5) is 10.6 Å². The van der Waals surface area contributed by atoms with Gasteiger partial charge in [0.25, 0.3) is 0 Å². The van der Waals surface area contributed by atoms with Crippen molar-refractivity contribution in [2.75, 3.05) is 26.1 Å². The van der Waals surface area contributed by atoms with Crippen molar-refractivity contribution in [3.8, 4) is 0 Å². The highest BCUT2D eigenvalue weighted by Gasteiger charge is 2.21. The molecule has 144 valence electrons. The van der Waals surface area contributed by atoms with Crippen LogP contribution in [0.1, 0.15) is 23.6 Å². The zero-order chi connectivity index (χ0) is 19.8. The lowest BCUT2D eigenvalue weighted by Crippen LogP contribution is -2.38. The lowest BCUT2D eigenvalue weighted by Gasteiger charge is -2.20. The molecule has 1 atom stereocenters. The van der Waals surface area contributed by atoms with Crippen LogP contribution in [0.5, 0.6) is 0 Å². The Bertz CT molecular complexity index is 798. The fourth-order valence-corrected chi connectivity index (χ4v) is 2.72. The van der Waals surface area contributed by atoms with E-state index in [0.717, 1.165) is 11.4 Å². The lowest BCUT2D eigenvalue weighted by molar-refractivity contribution is -0.141. The summed E-state index contributed by atoms with van der Waals surface area (Å²) in [5.41, 5.74) is 1.56. The minimum atomic E-state index is -0.596. The van der Waals surface area contributed by atoms with Gasteiger partial charge in [0, 0.05) is 31.9 Å². The molecular formula is C19H23ClN4O3. The second kappa shape index (κ2) is 9.78. The Morgan fingerprint density at radius 1 is 1.26 bits per heavy atom. The third kappa shape index (κ3) is 6.14. The number of rotatable bonds is 7. The third-order valence-electron chi connectivity index (χ3n) is 3.91. The summed E-state index contributed by atoms with van der Waals surface area (Å²) < 4.78 is 4.72. The SMILES string of the molecule is COC(=O)CC(NC(=O)NCc1ccnc(N(C)C)c1)c1ccccc1Cl. The summed E-state index contributed by atoms with van der Waals surface area (Å²) >= 11 is 6.21. The first-order valence-electron chi connectivity index (χ1n) is 8.38. The number of urea groups is 1. The fourth-order valence-electron chi connectivity index (χ4n) is 2.45. The number of amides is 2. The lowest BCUT2D eigenvalue weighted by atomic mass is 10.0. The van der Waals surface area contributed by atoms with Crippen LogP contribution in [0.2, 0.25) is 5.02 Å².